The minimum Gasteiger partial charge on any atom is -0.376 e. The molecular weight excluding hydrogens is 436 g/mol. The van der Waals surface area contributed by atoms with Crippen LogP contribution in [0.4, 0.5) is 4.79 Å². The standard InChI is InChI=1S/C26H38N2O6/c1-5-6-7-8-12-15-27-19(21-22(31-4)23-24(32-21)34-26(2,3)33-23)16-20(29)28(25(27)30)17-18-13-10-9-11-14-18/h9-11,13-14,19,21-24H,5-8,12,15-17H2,1-4H3/t19-,21?,22-,23?,24?/m0/s1. The van der Waals surface area contributed by atoms with Gasteiger partial charge in [0.1, 0.15) is 18.3 Å². The van der Waals surface area contributed by atoms with Crippen LogP contribution in [-0.4, -0.2) is 71.8 Å². The second kappa shape index (κ2) is 10.7. The Hall–Kier alpha value is -2.00. The summed E-state index contributed by atoms with van der Waals surface area (Å²) < 4.78 is 24.0. The lowest BCUT2D eigenvalue weighted by Crippen LogP contribution is -2.62. The number of benzene rings is 1. The van der Waals surface area contributed by atoms with E-state index in [0.717, 1.165) is 31.2 Å². The maximum atomic E-state index is 13.6. The van der Waals surface area contributed by atoms with E-state index in [1.54, 1.807) is 7.11 Å². The van der Waals surface area contributed by atoms with Crippen LogP contribution in [-0.2, 0) is 30.3 Å². The number of nitrogens with zero attached hydrogens (tertiary/aromatic N) is 2. The topological polar surface area (TPSA) is 77.5 Å². The van der Waals surface area contributed by atoms with Crippen molar-refractivity contribution < 1.29 is 28.5 Å². The molecule has 3 amide bonds. The van der Waals surface area contributed by atoms with Crippen LogP contribution in [0.3, 0.4) is 0 Å². The van der Waals surface area contributed by atoms with Gasteiger partial charge in [-0.2, -0.15) is 0 Å². The van der Waals surface area contributed by atoms with Crippen molar-refractivity contribution in [2.45, 2.75) is 102 Å². The van der Waals surface area contributed by atoms with E-state index in [0.29, 0.717) is 6.54 Å². The van der Waals surface area contributed by atoms with Crippen molar-refractivity contribution in [1.29, 1.82) is 0 Å². The highest BCUT2D eigenvalue weighted by molar-refractivity contribution is 5.97. The number of rotatable bonds is 10. The Balaban J connectivity index is 1.53. The van der Waals surface area contributed by atoms with Crippen LogP contribution in [0.2, 0.25) is 0 Å². The van der Waals surface area contributed by atoms with Gasteiger partial charge in [0.05, 0.1) is 19.0 Å². The van der Waals surface area contributed by atoms with Gasteiger partial charge in [0.25, 0.3) is 0 Å². The molecule has 3 fully saturated rings. The number of unbranched alkanes of at least 4 members (excludes halogenated alkanes) is 4. The minimum absolute atomic E-state index is 0.181. The van der Waals surface area contributed by atoms with Gasteiger partial charge in [0.15, 0.2) is 12.1 Å². The van der Waals surface area contributed by atoms with E-state index in [1.165, 1.54) is 11.3 Å². The van der Waals surface area contributed by atoms with Crippen LogP contribution in [0.5, 0.6) is 0 Å². The summed E-state index contributed by atoms with van der Waals surface area (Å²) in [4.78, 5) is 30.0. The highest BCUT2D eigenvalue weighted by atomic mass is 16.8. The van der Waals surface area contributed by atoms with Crippen molar-refractivity contribution in [3.8, 4) is 0 Å². The molecule has 0 aliphatic carbocycles. The van der Waals surface area contributed by atoms with E-state index in [-0.39, 0.29) is 24.9 Å². The summed E-state index contributed by atoms with van der Waals surface area (Å²) in [5.41, 5.74) is 0.927. The van der Waals surface area contributed by atoms with Crippen LogP contribution >= 0.6 is 0 Å². The molecule has 5 atom stereocenters. The summed E-state index contributed by atoms with van der Waals surface area (Å²) in [5, 5.41) is 0. The molecule has 3 aliphatic heterocycles. The molecule has 0 N–H and O–H groups in total. The first-order valence-corrected chi connectivity index (χ1v) is 12.5. The quantitative estimate of drug-likeness (QED) is 0.476. The average molecular weight is 475 g/mol. The third kappa shape index (κ3) is 5.30. The number of hydrogen-bond donors (Lipinski definition) is 0. The largest absolute Gasteiger partial charge is 0.376 e. The van der Waals surface area contributed by atoms with Gasteiger partial charge in [-0.15, -0.1) is 0 Å². The van der Waals surface area contributed by atoms with E-state index in [2.05, 4.69) is 6.92 Å². The average Bonchev–Trinajstić information content (AvgIpc) is 3.29. The number of carbonyl (C=O) groups is 2. The first kappa shape index (κ1) is 25.1. The van der Waals surface area contributed by atoms with Crippen LogP contribution in [0.15, 0.2) is 30.3 Å². The lowest BCUT2D eigenvalue weighted by molar-refractivity contribution is -0.224. The molecule has 3 unspecified atom stereocenters. The van der Waals surface area contributed by atoms with Gasteiger partial charge in [0, 0.05) is 13.7 Å². The number of amides is 3. The second-order valence-corrected chi connectivity index (χ2v) is 9.90. The number of ether oxygens (including phenoxy) is 4. The van der Waals surface area contributed by atoms with Crippen LogP contribution < -0.4 is 0 Å². The third-order valence-electron chi connectivity index (χ3n) is 6.93. The summed E-state index contributed by atoms with van der Waals surface area (Å²) in [6.07, 6.45) is 3.68. The molecule has 1 aromatic carbocycles. The molecule has 4 rings (SSSR count). The van der Waals surface area contributed by atoms with E-state index in [1.807, 2.05) is 49.1 Å². The SMILES string of the molecule is CCCCCCCN1C(=O)N(Cc2ccccc2)C(=O)C[C@H]1C1OC2OC(C)(C)OC2[C@H]1OC. The monoisotopic (exact) mass is 474 g/mol. The van der Waals surface area contributed by atoms with Crippen LogP contribution in [0, 0.1) is 0 Å². The Morgan fingerprint density at radius 3 is 2.47 bits per heavy atom. The predicted octanol–water partition coefficient (Wildman–Crippen LogP) is 4.07. The van der Waals surface area contributed by atoms with Gasteiger partial charge in [0.2, 0.25) is 5.91 Å². The van der Waals surface area contributed by atoms with Gasteiger partial charge < -0.3 is 23.8 Å². The summed E-state index contributed by atoms with van der Waals surface area (Å²) in [5.74, 6) is -0.959. The number of methoxy groups -OCH3 is 1. The van der Waals surface area contributed by atoms with Crippen molar-refractivity contribution in [3.05, 3.63) is 35.9 Å². The van der Waals surface area contributed by atoms with Crippen molar-refractivity contribution in [2.24, 2.45) is 0 Å². The van der Waals surface area contributed by atoms with Crippen molar-refractivity contribution >= 4 is 11.9 Å². The Labute approximate surface area is 202 Å². The first-order chi connectivity index (χ1) is 16.3. The Bertz CT molecular complexity index is 847. The molecule has 188 valence electrons. The number of carbonyl (C=O) groups excluding carboxylic acids is 2. The minimum atomic E-state index is -0.763. The molecule has 3 aliphatic rings. The molecule has 0 bridgehead atoms. The fourth-order valence-corrected chi connectivity index (χ4v) is 5.25. The van der Waals surface area contributed by atoms with Crippen LogP contribution in [0.1, 0.15) is 64.9 Å². The highest BCUT2D eigenvalue weighted by Crippen LogP contribution is 2.41. The van der Waals surface area contributed by atoms with Crippen LogP contribution in [0.25, 0.3) is 0 Å². The molecule has 34 heavy (non-hydrogen) atoms. The number of hydrogen-bond acceptors (Lipinski definition) is 6. The van der Waals surface area contributed by atoms with Crippen molar-refractivity contribution in [3.63, 3.8) is 0 Å². The van der Waals surface area contributed by atoms with Crippen molar-refractivity contribution in [1.82, 2.24) is 9.80 Å². The first-order valence-electron chi connectivity index (χ1n) is 12.5. The van der Waals surface area contributed by atoms with E-state index in [4.69, 9.17) is 18.9 Å². The lowest BCUT2D eigenvalue weighted by Gasteiger charge is -2.43. The zero-order chi connectivity index (χ0) is 24.3. The summed E-state index contributed by atoms with van der Waals surface area (Å²) >= 11 is 0. The summed E-state index contributed by atoms with van der Waals surface area (Å²) in [6.45, 7) is 6.71. The normalized spacial score (nSPS) is 30.8. The smallest absolute Gasteiger partial charge is 0.327 e. The molecule has 0 aromatic heterocycles. The Morgan fingerprint density at radius 1 is 1.03 bits per heavy atom. The van der Waals surface area contributed by atoms with Crippen molar-refractivity contribution in [2.75, 3.05) is 13.7 Å². The Kier molecular flexibility index (Phi) is 7.92. The predicted molar refractivity (Wildman–Crippen MR) is 126 cm³/mol. The van der Waals surface area contributed by atoms with Gasteiger partial charge in [-0.25, -0.2) is 4.79 Å². The van der Waals surface area contributed by atoms with Gasteiger partial charge in [-0.1, -0.05) is 62.9 Å². The Morgan fingerprint density at radius 2 is 1.76 bits per heavy atom. The lowest BCUT2D eigenvalue weighted by atomic mass is 9.96. The van der Waals surface area contributed by atoms with E-state index < -0.39 is 36.4 Å². The number of imide groups is 1. The molecule has 0 spiro atoms. The molecule has 3 saturated heterocycles. The van der Waals surface area contributed by atoms with Gasteiger partial charge in [-0.05, 0) is 25.8 Å². The highest BCUT2D eigenvalue weighted by Gasteiger charge is 2.59. The molecule has 8 nitrogen and oxygen atoms in total. The molecule has 0 saturated carbocycles. The zero-order valence-corrected chi connectivity index (χ0v) is 20.8. The third-order valence-corrected chi connectivity index (χ3v) is 6.93. The molecular formula is C26H38N2O6. The van der Waals surface area contributed by atoms with Gasteiger partial charge in [-0.3, -0.25) is 9.69 Å². The zero-order valence-electron chi connectivity index (χ0n) is 20.8. The summed E-state index contributed by atoms with van der Waals surface area (Å²) in [6, 6.07) is 8.92. The van der Waals surface area contributed by atoms with E-state index in [9.17, 15) is 9.59 Å². The summed E-state index contributed by atoms with van der Waals surface area (Å²) in [7, 11) is 1.61. The second-order valence-electron chi connectivity index (χ2n) is 9.90. The molecule has 8 heteroatoms. The fourth-order valence-electron chi connectivity index (χ4n) is 5.25. The molecule has 1 aromatic rings. The van der Waals surface area contributed by atoms with Gasteiger partial charge >= 0.3 is 6.03 Å². The molecule has 3 heterocycles. The maximum absolute atomic E-state index is 13.6. The van der Waals surface area contributed by atoms with E-state index >= 15 is 0 Å². The number of urea groups is 1. The number of fused-ring (bicyclic) bond motifs is 1. The molecule has 0 radical (unpaired) electrons. The fraction of sp³-hybridized carbons (Fsp3) is 0.692. The maximum Gasteiger partial charge on any atom is 0.327 e.